The first kappa shape index (κ1) is 16.3. The Hall–Kier alpha value is -2.53. The van der Waals surface area contributed by atoms with Gasteiger partial charge in [-0.1, -0.05) is 24.3 Å². The van der Waals surface area contributed by atoms with Gasteiger partial charge in [-0.25, -0.2) is 0 Å². The molecule has 0 fully saturated rings. The van der Waals surface area contributed by atoms with E-state index in [-0.39, 0.29) is 0 Å². The summed E-state index contributed by atoms with van der Waals surface area (Å²) < 4.78 is 5.44. The van der Waals surface area contributed by atoms with Gasteiger partial charge in [-0.2, -0.15) is 0 Å². The zero-order valence-electron chi connectivity index (χ0n) is 13.4. The number of hydrogen-bond donors (Lipinski definition) is 1. The number of carboxylic acid groups (broad SMARTS) is 1. The molecule has 0 aliphatic heterocycles. The van der Waals surface area contributed by atoms with Crippen LogP contribution >= 0.6 is 11.8 Å². The molecule has 4 nitrogen and oxygen atoms in total. The summed E-state index contributed by atoms with van der Waals surface area (Å²) in [5.41, 5.74) is 2.85. The van der Waals surface area contributed by atoms with E-state index in [1.54, 1.807) is 20.2 Å². The van der Waals surface area contributed by atoms with E-state index >= 15 is 0 Å². The Kier molecular flexibility index (Phi) is 4.71. The fourth-order valence-corrected chi connectivity index (χ4v) is 3.43. The highest BCUT2D eigenvalue weighted by molar-refractivity contribution is 8.00. The van der Waals surface area contributed by atoms with Gasteiger partial charge in [0.1, 0.15) is 11.0 Å². The van der Waals surface area contributed by atoms with Gasteiger partial charge in [-0.05, 0) is 36.8 Å². The van der Waals surface area contributed by atoms with Gasteiger partial charge in [0, 0.05) is 22.0 Å². The molecule has 24 heavy (non-hydrogen) atoms. The third kappa shape index (κ3) is 3.21. The van der Waals surface area contributed by atoms with E-state index in [9.17, 15) is 4.79 Å². The van der Waals surface area contributed by atoms with Gasteiger partial charge in [0.25, 0.3) is 0 Å². The van der Waals surface area contributed by atoms with Crippen LogP contribution in [0, 0.1) is 0 Å². The maximum atomic E-state index is 11.2. The average Bonchev–Trinajstić information content (AvgIpc) is 2.61. The number of para-hydroxylation sites is 1. The zero-order chi connectivity index (χ0) is 17.1. The number of nitrogens with zero attached hydrogens (tertiary/aromatic N) is 1. The highest BCUT2D eigenvalue weighted by Gasteiger charge is 2.15. The minimum atomic E-state index is -0.828. The Bertz CT molecular complexity index is 895. The number of benzene rings is 2. The van der Waals surface area contributed by atoms with Crippen molar-refractivity contribution >= 4 is 28.6 Å². The van der Waals surface area contributed by atoms with Crippen LogP contribution in [0.3, 0.4) is 0 Å². The minimum Gasteiger partial charge on any atom is -0.496 e. The van der Waals surface area contributed by atoms with Crippen molar-refractivity contribution in [2.45, 2.75) is 17.1 Å². The second-order valence-electron chi connectivity index (χ2n) is 5.34. The van der Waals surface area contributed by atoms with Crippen molar-refractivity contribution in [3.05, 3.63) is 54.7 Å². The fourth-order valence-electron chi connectivity index (χ4n) is 2.52. The summed E-state index contributed by atoms with van der Waals surface area (Å²) in [6.07, 6.45) is 1.71. The lowest BCUT2D eigenvalue weighted by Crippen LogP contribution is -2.11. The van der Waals surface area contributed by atoms with Crippen LogP contribution in [-0.2, 0) is 4.79 Å². The summed E-state index contributed by atoms with van der Waals surface area (Å²) in [6, 6.07) is 15.7. The second kappa shape index (κ2) is 6.93. The molecule has 5 heteroatoms. The van der Waals surface area contributed by atoms with Gasteiger partial charge in [0.2, 0.25) is 0 Å². The van der Waals surface area contributed by atoms with E-state index < -0.39 is 11.2 Å². The first-order valence-corrected chi connectivity index (χ1v) is 8.39. The van der Waals surface area contributed by atoms with Gasteiger partial charge in [-0.15, -0.1) is 11.8 Å². The summed E-state index contributed by atoms with van der Waals surface area (Å²) in [5.74, 6) is -0.0281. The minimum absolute atomic E-state index is 0.523. The molecule has 0 saturated heterocycles. The van der Waals surface area contributed by atoms with Gasteiger partial charge < -0.3 is 9.84 Å². The Balaban J connectivity index is 2.11. The number of carbonyl (C=O) groups is 1. The number of methoxy groups -OCH3 is 1. The van der Waals surface area contributed by atoms with Crippen LogP contribution in [0.1, 0.15) is 6.92 Å². The number of aromatic nitrogens is 1. The first-order valence-electron chi connectivity index (χ1n) is 7.52. The van der Waals surface area contributed by atoms with Gasteiger partial charge in [0.15, 0.2) is 0 Å². The third-order valence-corrected chi connectivity index (χ3v) is 4.94. The van der Waals surface area contributed by atoms with Crippen LogP contribution in [0.25, 0.3) is 22.0 Å². The second-order valence-corrected chi connectivity index (χ2v) is 6.72. The summed E-state index contributed by atoms with van der Waals surface area (Å²) in [5, 5.41) is 9.58. The molecule has 0 aliphatic rings. The summed E-state index contributed by atoms with van der Waals surface area (Å²) in [6.45, 7) is 1.68. The topological polar surface area (TPSA) is 59.4 Å². The number of ether oxygens (including phenoxy) is 1. The highest BCUT2D eigenvalue weighted by atomic mass is 32.2. The smallest absolute Gasteiger partial charge is 0.316 e. The number of aliphatic carboxylic acids is 1. The number of rotatable bonds is 5. The molecule has 3 aromatic rings. The van der Waals surface area contributed by atoms with Gasteiger partial charge in [0.05, 0.1) is 12.6 Å². The SMILES string of the molecule is COc1ccccc1-c1ccc2nccc(SC(C)C(=O)O)c2c1. The molecule has 0 saturated carbocycles. The van der Waals surface area contributed by atoms with Crippen molar-refractivity contribution in [1.82, 2.24) is 4.98 Å². The molecule has 1 heterocycles. The Morgan fingerprint density at radius 2 is 2.00 bits per heavy atom. The van der Waals surface area contributed by atoms with Crippen LogP contribution in [0.15, 0.2) is 59.6 Å². The molecular formula is C19H17NO3S. The van der Waals surface area contributed by atoms with Crippen molar-refractivity contribution in [3.8, 4) is 16.9 Å². The number of fused-ring (bicyclic) bond motifs is 1. The number of carboxylic acids is 1. The van der Waals surface area contributed by atoms with Crippen molar-refractivity contribution in [1.29, 1.82) is 0 Å². The maximum Gasteiger partial charge on any atom is 0.316 e. The molecule has 1 aromatic heterocycles. The summed E-state index contributed by atoms with van der Waals surface area (Å²) in [4.78, 5) is 16.4. The molecule has 0 radical (unpaired) electrons. The molecular weight excluding hydrogens is 322 g/mol. The van der Waals surface area contributed by atoms with Crippen molar-refractivity contribution in [2.75, 3.05) is 7.11 Å². The van der Waals surface area contributed by atoms with Crippen LogP contribution in [0.4, 0.5) is 0 Å². The maximum absolute atomic E-state index is 11.2. The predicted molar refractivity (Wildman–Crippen MR) is 96.7 cm³/mol. The summed E-state index contributed by atoms with van der Waals surface area (Å²) in [7, 11) is 1.65. The van der Waals surface area contributed by atoms with Crippen molar-refractivity contribution in [3.63, 3.8) is 0 Å². The molecule has 1 atom stereocenters. The molecule has 0 amide bonds. The fraction of sp³-hybridized carbons (Fsp3) is 0.158. The van der Waals surface area contributed by atoms with E-state index in [2.05, 4.69) is 4.98 Å². The molecule has 2 aromatic carbocycles. The van der Waals surface area contributed by atoms with Gasteiger partial charge >= 0.3 is 5.97 Å². The Morgan fingerprint density at radius 1 is 1.21 bits per heavy atom. The van der Waals surface area contributed by atoms with Gasteiger partial charge in [-0.3, -0.25) is 9.78 Å². The Labute approximate surface area is 144 Å². The number of pyridine rings is 1. The zero-order valence-corrected chi connectivity index (χ0v) is 14.2. The van der Waals surface area contributed by atoms with Crippen LogP contribution < -0.4 is 4.74 Å². The van der Waals surface area contributed by atoms with Crippen LogP contribution in [0.2, 0.25) is 0 Å². The van der Waals surface area contributed by atoms with Crippen molar-refractivity contribution in [2.24, 2.45) is 0 Å². The van der Waals surface area contributed by atoms with E-state index in [0.717, 1.165) is 32.7 Å². The standard InChI is InChI=1S/C19H17NO3S/c1-12(19(21)22)24-18-9-10-20-16-8-7-13(11-15(16)18)14-5-3-4-6-17(14)23-2/h3-12H,1-2H3,(H,21,22). The van der Waals surface area contributed by atoms with E-state index in [1.807, 2.05) is 48.5 Å². The lowest BCUT2D eigenvalue weighted by Gasteiger charge is -2.12. The molecule has 0 bridgehead atoms. The van der Waals surface area contributed by atoms with Crippen LogP contribution in [-0.4, -0.2) is 28.4 Å². The lowest BCUT2D eigenvalue weighted by molar-refractivity contribution is -0.136. The molecule has 0 spiro atoms. The van der Waals surface area contributed by atoms with E-state index in [0.29, 0.717) is 0 Å². The number of thioether (sulfide) groups is 1. The van der Waals surface area contributed by atoms with E-state index in [4.69, 9.17) is 9.84 Å². The quantitative estimate of drug-likeness (QED) is 0.695. The monoisotopic (exact) mass is 339 g/mol. The average molecular weight is 339 g/mol. The predicted octanol–water partition coefficient (Wildman–Crippen LogP) is 4.48. The molecule has 3 rings (SSSR count). The number of hydrogen-bond acceptors (Lipinski definition) is 4. The first-order chi connectivity index (χ1) is 11.6. The summed E-state index contributed by atoms with van der Waals surface area (Å²) >= 11 is 1.32. The molecule has 0 aliphatic carbocycles. The Morgan fingerprint density at radius 3 is 2.75 bits per heavy atom. The largest absolute Gasteiger partial charge is 0.496 e. The lowest BCUT2D eigenvalue weighted by atomic mass is 10.0. The van der Waals surface area contributed by atoms with Crippen LogP contribution in [0.5, 0.6) is 5.75 Å². The molecule has 122 valence electrons. The van der Waals surface area contributed by atoms with Crippen molar-refractivity contribution < 1.29 is 14.6 Å². The molecule has 1 unspecified atom stereocenters. The third-order valence-electron chi connectivity index (χ3n) is 3.77. The van der Waals surface area contributed by atoms with E-state index in [1.165, 1.54) is 11.8 Å². The highest BCUT2D eigenvalue weighted by Crippen LogP contribution is 2.35. The normalized spacial score (nSPS) is 12.1. The molecule has 1 N–H and O–H groups in total.